The maximum absolute atomic E-state index is 12.4. The molecule has 0 N–H and O–H groups in total. The molecule has 6 heteroatoms. The molecule has 0 aliphatic rings. The van der Waals surface area contributed by atoms with Crippen LogP contribution in [0.5, 0.6) is 0 Å². The molecule has 114 valence electrons. The standard InChI is InChI=1S/C17H10Cl2N2OS/c1-2-9-21-14-5-3-4-6-15(14)23-17(21)20-16(22)12-8-7-11(18)10-13(12)19/h1,3-8,10H,9H2. The van der Waals surface area contributed by atoms with Crippen LogP contribution in [0.2, 0.25) is 10.0 Å². The van der Waals surface area contributed by atoms with Crippen LogP contribution < -0.4 is 4.80 Å². The van der Waals surface area contributed by atoms with Gasteiger partial charge < -0.3 is 4.57 Å². The van der Waals surface area contributed by atoms with E-state index in [0.29, 0.717) is 21.9 Å². The summed E-state index contributed by atoms with van der Waals surface area (Å²) < 4.78 is 2.85. The molecule has 0 saturated heterocycles. The molecule has 3 rings (SSSR count). The summed E-state index contributed by atoms with van der Waals surface area (Å²) in [6.07, 6.45) is 5.43. The lowest BCUT2D eigenvalue weighted by Crippen LogP contribution is -2.16. The van der Waals surface area contributed by atoms with E-state index in [9.17, 15) is 4.79 Å². The number of terminal acetylenes is 1. The number of halogens is 2. The summed E-state index contributed by atoms with van der Waals surface area (Å²) in [7, 11) is 0. The maximum atomic E-state index is 12.4. The third kappa shape index (κ3) is 3.18. The van der Waals surface area contributed by atoms with Gasteiger partial charge in [-0.05, 0) is 30.3 Å². The Morgan fingerprint density at radius 2 is 2.04 bits per heavy atom. The van der Waals surface area contributed by atoms with Gasteiger partial charge >= 0.3 is 0 Å². The Bertz CT molecular complexity index is 1010. The van der Waals surface area contributed by atoms with Crippen molar-refractivity contribution >= 4 is 50.7 Å². The van der Waals surface area contributed by atoms with Crippen LogP contribution in [0.1, 0.15) is 10.4 Å². The fourth-order valence-electron chi connectivity index (χ4n) is 2.16. The first kappa shape index (κ1) is 15.8. The van der Waals surface area contributed by atoms with Gasteiger partial charge in [-0.2, -0.15) is 4.99 Å². The zero-order chi connectivity index (χ0) is 16.4. The summed E-state index contributed by atoms with van der Waals surface area (Å²) in [6, 6.07) is 12.5. The molecule has 3 aromatic rings. The van der Waals surface area contributed by atoms with Crippen molar-refractivity contribution in [3.05, 3.63) is 62.9 Å². The first-order valence-corrected chi connectivity index (χ1v) is 8.23. The normalized spacial score (nSPS) is 11.6. The molecule has 0 unspecified atom stereocenters. The number of hydrogen-bond acceptors (Lipinski definition) is 2. The third-order valence-corrected chi connectivity index (χ3v) is 4.80. The number of carbonyl (C=O) groups is 1. The van der Waals surface area contributed by atoms with E-state index < -0.39 is 5.91 Å². The molecule has 0 aliphatic heterocycles. The molecule has 0 fully saturated rings. The lowest BCUT2D eigenvalue weighted by Gasteiger charge is -2.01. The number of para-hydroxylation sites is 1. The van der Waals surface area contributed by atoms with Crippen LogP contribution in [0.3, 0.4) is 0 Å². The van der Waals surface area contributed by atoms with E-state index in [0.717, 1.165) is 10.2 Å². The Labute approximate surface area is 146 Å². The Hall–Kier alpha value is -2.06. The van der Waals surface area contributed by atoms with Gasteiger partial charge in [-0.3, -0.25) is 4.79 Å². The lowest BCUT2D eigenvalue weighted by atomic mass is 10.2. The summed E-state index contributed by atoms with van der Waals surface area (Å²) in [5.41, 5.74) is 1.25. The Morgan fingerprint density at radius 3 is 2.78 bits per heavy atom. The van der Waals surface area contributed by atoms with Crippen LogP contribution in [0.4, 0.5) is 0 Å². The van der Waals surface area contributed by atoms with Gasteiger partial charge in [-0.15, -0.1) is 6.42 Å². The highest BCUT2D eigenvalue weighted by Crippen LogP contribution is 2.22. The van der Waals surface area contributed by atoms with Gasteiger partial charge in [0, 0.05) is 5.02 Å². The van der Waals surface area contributed by atoms with E-state index in [-0.39, 0.29) is 5.02 Å². The van der Waals surface area contributed by atoms with Crippen molar-refractivity contribution in [2.75, 3.05) is 0 Å². The first-order chi connectivity index (χ1) is 11.1. The van der Waals surface area contributed by atoms with Crippen LogP contribution in [0.25, 0.3) is 10.2 Å². The molecular weight excluding hydrogens is 351 g/mol. The Morgan fingerprint density at radius 1 is 1.26 bits per heavy atom. The molecule has 2 aromatic carbocycles. The second-order valence-corrected chi connectivity index (χ2v) is 6.54. The third-order valence-electron chi connectivity index (χ3n) is 3.20. The van der Waals surface area contributed by atoms with Crippen molar-refractivity contribution in [3.63, 3.8) is 0 Å². The molecule has 1 heterocycles. The van der Waals surface area contributed by atoms with E-state index in [1.165, 1.54) is 17.4 Å². The smallest absolute Gasteiger partial charge is 0.281 e. The minimum absolute atomic E-state index is 0.274. The molecule has 0 bridgehead atoms. The fraction of sp³-hybridized carbons (Fsp3) is 0.0588. The van der Waals surface area contributed by atoms with Gasteiger partial charge in [0.25, 0.3) is 5.91 Å². The fourth-order valence-corrected chi connectivity index (χ4v) is 3.68. The second kappa shape index (κ2) is 6.59. The number of carbonyl (C=O) groups excluding carboxylic acids is 1. The van der Waals surface area contributed by atoms with Crippen molar-refractivity contribution in [2.24, 2.45) is 4.99 Å². The van der Waals surface area contributed by atoms with E-state index in [1.807, 2.05) is 28.8 Å². The topological polar surface area (TPSA) is 34.4 Å². The summed E-state index contributed by atoms with van der Waals surface area (Å²) in [6.45, 7) is 0.338. The van der Waals surface area contributed by atoms with E-state index in [4.69, 9.17) is 29.6 Å². The van der Waals surface area contributed by atoms with Gasteiger partial charge in [0.2, 0.25) is 0 Å². The summed E-state index contributed by atoms with van der Waals surface area (Å²) >= 11 is 13.3. The van der Waals surface area contributed by atoms with Crippen molar-refractivity contribution in [3.8, 4) is 12.3 Å². The zero-order valence-corrected chi connectivity index (χ0v) is 14.1. The van der Waals surface area contributed by atoms with Crippen LogP contribution in [-0.4, -0.2) is 10.5 Å². The van der Waals surface area contributed by atoms with Crippen molar-refractivity contribution < 1.29 is 4.79 Å². The molecule has 1 amide bonds. The summed E-state index contributed by atoms with van der Waals surface area (Å²) in [5, 5.41) is 0.742. The minimum atomic E-state index is -0.427. The van der Waals surface area contributed by atoms with Crippen LogP contribution in [0.15, 0.2) is 47.5 Å². The average molecular weight is 361 g/mol. The van der Waals surface area contributed by atoms with E-state index >= 15 is 0 Å². The van der Waals surface area contributed by atoms with E-state index in [1.54, 1.807) is 12.1 Å². The second-order valence-electron chi connectivity index (χ2n) is 4.68. The summed E-state index contributed by atoms with van der Waals surface area (Å²) in [5.74, 6) is 2.16. The number of thiazole rings is 1. The molecule has 0 radical (unpaired) electrons. The molecule has 1 aromatic heterocycles. The zero-order valence-electron chi connectivity index (χ0n) is 11.8. The Balaban J connectivity index is 2.15. The molecular formula is C17H10Cl2N2OS. The van der Waals surface area contributed by atoms with Gasteiger partial charge in [0.1, 0.15) is 0 Å². The first-order valence-electron chi connectivity index (χ1n) is 6.66. The molecule has 0 saturated carbocycles. The highest BCUT2D eigenvalue weighted by molar-refractivity contribution is 7.16. The predicted molar refractivity (Wildman–Crippen MR) is 95.0 cm³/mol. The quantitative estimate of drug-likeness (QED) is 0.624. The van der Waals surface area contributed by atoms with Crippen molar-refractivity contribution in [2.45, 2.75) is 6.54 Å². The van der Waals surface area contributed by atoms with Gasteiger partial charge in [-0.25, -0.2) is 0 Å². The number of aromatic nitrogens is 1. The molecule has 0 spiro atoms. The molecule has 0 aliphatic carbocycles. The molecule has 23 heavy (non-hydrogen) atoms. The molecule has 3 nitrogen and oxygen atoms in total. The van der Waals surface area contributed by atoms with Crippen molar-refractivity contribution in [1.29, 1.82) is 0 Å². The lowest BCUT2D eigenvalue weighted by molar-refractivity contribution is 0.0998. The maximum Gasteiger partial charge on any atom is 0.281 e. The van der Waals surface area contributed by atoms with Gasteiger partial charge in [-0.1, -0.05) is 52.6 Å². The number of fused-ring (bicyclic) bond motifs is 1. The highest BCUT2D eigenvalue weighted by Gasteiger charge is 2.11. The van der Waals surface area contributed by atoms with Gasteiger partial charge in [0.05, 0.1) is 27.3 Å². The van der Waals surface area contributed by atoms with E-state index in [2.05, 4.69) is 10.9 Å². The van der Waals surface area contributed by atoms with Crippen LogP contribution in [0, 0.1) is 12.3 Å². The van der Waals surface area contributed by atoms with Crippen LogP contribution in [-0.2, 0) is 6.54 Å². The molecule has 0 atom stereocenters. The minimum Gasteiger partial charge on any atom is -0.305 e. The number of hydrogen-bond donors (Lipinski definition) is 0. The van der Waals surface area contributed by atoms with Gasteiger partial charge in [0.15, 0.2) is 4.80 Å². The Kier molecular flexibility index (Phi) is 4.53. The van der Waals surface area contributed by atoms with Crippen LogP contribution >= 0.6 is 34.5 Å². The number of nitrogens with zero attached hydrogens (tertiary/aromatic N) is 2. The number of benzene rings is 2. The number of rotatable bonds is 2. The average Bonchev–Trinajstić information content (AvgIpc) is 2.85. The SMILES string of the molecule is C#CCn1c(=NC(=O)c2ccc(Cl)cc2Cl)sc2ccccc21. The summed E-state index contributed by atoms with van der Waals surface area (Å²) in [4.78, 5) is 17.2. The van der Waals surface area contributed by atoms with Crippen molar-refractivity contribution in [1.82, 2.24) is 4.57 Å². The number of amides is 1. The highest BCUT2D eigenvalue weighted by atomic mass is 35.5. The largest absolute Gasteiger partial charge is 0.305 e. The predicted octanol–water partition coefficient (Wildman–Crippen LogP) is 4.38. The monoisotopic (exact) mass is 360 g/mol.